The number of halogens is 2. The van der Waals surface area contributed by atoms with Gasteiger partial charge < -0.3 is 39.0 Å². The number of aliphatic hydroxyl groups is 1. The predicted octanol–water partition coefficient (Wildman–Crippen LogP) is 6.37. The number of benzene rings is 1. The molecule has 1 amide bonds. The van der Waals surface area contributed by atoms with Crippen LogP contribution in [0.4, 0.5) is 9.18 Å². The number of hydrogen-bond acceptors (Lipinski definition) is 12. The summed E-state index contributed by atoms with van der Waals surface area (Å²) in [5.41, 5.74) is -5.07. The molecule has 5 rings (SSSR count). The minimum Gasteiger partial charge on any atom is -0.458 e. The van der Waals surface area contributed by atoms with E-state index in [0.29, 0.717) is 11.4 Å². The van der Waals surface area contributed by atoms with Crippen LogP contribution in [0.15, 0.2) is 36.4 Å². The number of alkyl halides is 1. The minimum atomic E-state index is -2.65. The van der Waals surface area contributed by atoms with Crippen LogP contribution in [0, 0.1) is 29.6 Å². The van der Waals surface area contributed by atoms with Crippen LogP contribution in [0.25, 0.3) is 10.4 Å². The van der Waals surface area contributed by atoms with Gasteiger partial charge in [0, 0.05) is 34.2 Å². The number of aliphatic hydroxyl groups excluding tert-OH is 1. The molecule has 3 aliphatic heterocycles. The molecule has 15 heteroatoms. The molecule has 3 fully saturated rings. The number of cyclic esters (lactones) is 1. The van der Waals surface area contributed by atoms with Crippen molar-refractivity contribution in [2.24, 2.45) is 17.8 Å². The lowest BCUT2D eigenvalue weighted by Gasteiger charge is -2.47. The van der Waals surface area contributed by atoms with Gasteiger partial charge in [-0.25, -0.2) is 9.18 Å². The van der Waals surface area contributed by atoms with E-state index in [1.807, 2.05) is 50.2 Å². The van der Waals surface area contributed by atoms with E-state index in [2.05, 4.69) is 17.2 Å². The lowest BCUT2D eigenvalue weighted by atomic mass is 9.72. The maximum Gasteiger partial charge on any atom is 0.408 e. The molecule has 318 valence electrons. The molecule has 4 heterocycles. The van der Waals surface area contributed by atoms with Crippen LogP contribution in [0.3, 0.4) is 0 Å². The van der Waals surface area contributed by atoms with E-state index in [4.69, 9.17) is 35.3 Å². The molecule has 3 aliphatic rings. The number of ketones is 2. The van der Waals surface area contributed by atoms with Gasteiger partial charge in [-0.2, -0.15) is 0 Å². The normalized spacial score (nSPS) is 37.6. The lowest BCUT2D eigenvalue weighted by Crippen LogP contribution is -2.62. The summed E-state index contributed by atoms with van der Waals surface area (Å²) in [4.78, 5) is 58.9. The van der Waals surface area contributed by atoms with Crippen LogP contribution in [-0.2, 0) is 38.1 Å². The third-order valence-electron chi connectivity index (χ3n) is 11.8. The predicted molar refractivity (Wildman–Crippen MR) is 217 cm³/mol. The highest BCUT2D eigenvalue weighted by molar-refractivity contribution is 7.16. The number of nitrogens with one attached hydrogen (secondary N) is 1. The van der Waals surface area contributed by atoms with Gasteiger partial charge in [-0.05, 0) is 91.4 Å². The first kappa shape index (κ1) is 45.7. The van der Waals surface area contributed by atoms with Crippen molar-refractivity contribution in [1.82, 2.24) is 10.2 Å². The second-order valence-corrected chi connectivity index (χ2v) is 18.2. The summed E-state index contributed by atoms with van der Waals surface area (Å²) in [6.07, 6.45) is -6.22. The average Bonchev–Trinajstić information content (AvgIpc) is 3.77. The smallest absolute Gasteiger partial charge is 0.408 e. The van der Waals surface area contributed by atoms with Gasteiger partial charge in [0.1, 0.15) is 24.7 Å². The van der Waals surface area contributed by atoms with E-state index < -0.39 is 101 Å². The summed E-state index contributed by atoms with van der Waals surface area (Å²) < 4.78 is 48.3. The Morgan fingerprint density at radius 2 is 1.71 bits per heavy atom. The van der Waals surface area contributed by atoms with Crippen LogP contribution >= 0.6 is 22.9 Å². The molecule has 0 unspecified atom stereocenters. The molecule has 12 nitrogen and oxygen atoms in total. The number of amides is 1. The molecule has 0 bridgehead atoms. The van der Waals surface area contributed by atoms with Crippen molar-refractivity contribution in [3.8, 4) is 22.3 Å². The van der Waals surface area contributed by atoms with E-state index >= 15 is 4.39 Å². The van der Waals surface area contributed by atoms with Crippen LogP contribution < -0.4 is 5.32 Å². The molecular formula is C43H56ClFN2O10S. The molecule has 1 aromatic heterocycles. The van der Waals surface area contributed by atoms with Gasteiger partial charge in [-0.15, -0.1) is 11.3 Å². The minimum absolute atomic E-state index is 0.159. The van der Waals surface area contributed by atoms with Crippen LogP contribution in [-0.4, -0.2) is 114 Å². The van der Waals surface area contributed by atoms with E-state index in [0.717, 1.165) is 22.2 Å². The van der Waals surface area contributed by atoms with Gasteiger partial charge in [0.25, 0.3) is 0 Å². The molecule has 1 aromatic carbocycles. The Balaban J connectivity index is 1.57. The summed E-state index contributed by atoms with van der Waals surface area (Å²) >= 11 is 7.52. The number of carbonyl (C=O) groups is 4. The summed E-state index contributed by atoms with van der Waals surface area (Å²) in [6.45, 7) is 11.8. The summed E-state index contributed by atoms with van der Waals surface area (Å²) in [6, 6.07) is 9.73. The number of fused-ring (bicyclic) bond motifs is 1. The van der Waals surface area contributed by atoms with Crippen LogP contribution in [0.2, 0.25) is 5.02 Å². The monoisotopic (exact) mass is 846 g/mol. The number of hydrogen-bond donors (Lipinski definition) is 2. The summed E-state index contributed by atoms with van der Waals surface area (Å²) in [7, 11) is 3.63. The zero-order valence-corrected chi connectivity index (χ0v) is 36.4. The summed E-state index contributed by atoms with van der Waals surface area (Å²) in [5.74, 6) is -0.0391. The van der Waals surface area contributed by atoms with E-state index in [9.17, 15) is 24.3 Å². The Bertz CT molecular complexity index is 1900. The molecule has 0 spiro atoms. The van der Waals surface area contributed by atoms with Gasteiger partial charge >= 0.3 is 12.1 Å². The standard InChI is InChI=1S/C43H56ClFN2O10S/c1-11-32-43(8)35(46-40(52)57-43)26(5)36(50)41(6,45)22-42(7,53-20-12-13-29-18-19-31(58-29)27-14-16-28(44)17-15-27)37(24(3)33(48)25(4)38(51)55-32)56-39-34(49)30(47(9)10)21-23(2)54-39/h14-19,23-26,30,32,34-35,37,39,49H,11,20-22H2,1-10H3,(H,46,52)/t23-,24+,25-,26-,30+,32-,34-,35+,37-,39+,41+,42-,43-/m1/s1. The number of Topliss-reactive ketones (excluding diaryl/α,β-unsaturated/α-hetero) is 2. The van der Waals surface area contributed by atoms with E-state index in [-0.39, 0.29) is 19.1 Å². The van der Waals surface area contributed by atoms with Crippen molar-refractivity contribution >= 4 is 46.6 Å². The number of nitrogens with zero attached hydrogens (tertiary/aromatic N) is 1. The Hall–Kier alpha value is -3.42. The average molecular weight is 847 g/mol. The molecule has 58 heavy (non-hydrogen) atoms. The number of likely N-dealkylation sites (N-methyl/N-ethyl adjacent to an activating group) is 1. The van der Waals surface area contributed by atoms with Crippen molar-refractivity contribution in [3.05, 3.63) is 46.3 Å². The lowest BCUT2D eigenvalue weighted by molar-refractivity contribution is -0.297. The van der Waals surface area contributed by atoms with Crippen LogP contribution in [0.5, 0.6) is 0 Å². The maximum absolute atomic E-state index is 17.5. The Morgan fingerprint density at radius 1 is 1.03 bits per heavy atom. The van der Waals surface area contributed by atoms with Crippen molar-refractivity contribution in [3.63, 3.8) is 0 Å². The second kappa shape index (κ2) is 18.1. The number of thiophene rings is 1. The van der Waals surface area contributed by atoms with Crippen molar-refractivity contribution in [1.29, 1.82) is 0 Å². The fourth-order valence-corrected chi connectivity index (χ4v) is 9.66. The quantitative estimate of drug-likeness (QED) is 0.182. The zero-order valence-electron chi connectivity index (χ0n) is 34.8. The topological polar surface area (TPSA) is 150 Å². The number of esters is 1. The Labute approximate surface area is 349 Å². The van der Waals surface area contributed by atoms with Gasteiger partial charge in [0.15, 0.2) is 29.1 Å². The molecular weight excluding hydrogens is 791 g/mol. The molecule has 0 aliphatic carbocycles. The maximum atomic E-state index is 17.5. The van der Waals surface area contributed by atoms with Gasteiger partial charge in [0.05, 0.1) is 28.7 Å². The Kier molecular flexibility index (Phi) is 14.2. The highest BCUT2D eigenvalue weighted by atomic mass is 35.5. The SMILES string of the molecule is CC[C@H]1OC(=O)[C@H](C)C(=O)[C@H](C)[C@@H](O[C@@H]2O[C@H](C)C[C@H](N(C)C)[C@H]2O)[C@](C)(OCC#Cc2ccc(-c3ccc(Cl)cc3)s2)C[C@](C)(F)C(=O)[C@H](C)[C@@H]2NC(=O)O[C@]12C. The van der Waals surface area contributed by atoms with Crippen molar-refractivity contribution < 1.29 is 52.4 Å². The van der Waals surface area contributed by atoms with Gasteiger partial charge in [0.2, 0.25) is 0 Å². The number of carbonyl (C=O) groups excluding carboxylic acids is 4. The molecule has 0 radical (unpaired) electrons. The molecule has 3 saturated heterocycles. The zero-order chi connectivity index (χ0) is 42.9. The van der Waals surface area contributed by atoms with Gasteiger partial charge in [-0.3, -0.25) is 14.4 Å². The number of alkyl carbamates (subject to hydrolysis) is 1. The van der Waals surface area contributed by atoms with Crippen molar-refractivity contribution in [2.75, 3.05) is 20.7 Å². The van der Waals surface area contributed by atoms with Gasteiger partial charge in [-0.1, -0.05) is 56.3 Å². The van der Waals surface area contributed by atoms with E-state index in [1.54, 1.807) is 19.1 Å². The number of ether oxygens (including phenoxy) is 5. The third kappa shape index (κ3) is 9.62. The Morgan fingerprint density at radius 3 is 2.34 bits per heavy atom. The molecule has 2 aromatic rings. The first-order valence-corrected chi connectivity index (χ1v) is 20.9. The largest absolute Gasteiger partial charge is 0.458 e. The fourth-order valence-electron chi connectivity index (χ4n) is 8.65. The van der Waals surface area contributed by atoms with Crippen LogP contribution in [0.1, 0.15) is 79.5 Å². The summed E-state index contributed by atoms with van der Waals surface area (Å²) in [5, 5.41) is 14.8. The molecule has 2 N–H and O–H groups in total. The highest BCUT2D eigenvalue weighted by Gasteiger charge is 2.59. The molecule has 0 saturated carbocycles. The molecule has 13 atom stereocenters. The fraction of sp³-hybridized carbons (Fsp3) is 0.628. The van der Waals surface area contributed by atoms with Crippen molar-refractivity contribution in [2.45, 2.75) is 134 Å². The number of rotatable bonds is 7. The van der Waals surface area contributed by atoms with E-state index in [1.165, 1.54) is 46.0 Å². The second-order valence-electron chi connectivity index (χ2n) is 16.7. The highest BCUT2D eigenvalue weighted by Crippen LogP contribution is 2.42. The third-order valence-corrected chi connectivity index (χ3v) is 13.1. The first-order chi connectivity index (χ1) is 27.1. The first-order valence-electron chi connectivity index (χ1n) is 19.7.